The smallest absolute Gasteiger partial charge is 0.449 e. The van der Waals surface area contributed by atoms with Crippen molar-refractivity contribution in [2.45, 2.75) is 19.8 Å². The maximum absolute atomic E-state index is 10.4. The van der Waals surface area contributed by atoms with Crippen LogP contribution in [-0.2, 0) is 19.2 Å². The van der Waals surface area contributed by atoms with Gasteiger partial charge in [0, 0.05) is 0 Å². The minimum Gasteiger partial charge on any atom is -0.457 e. The van der Waals surface area contributed by atoms with Crippen molar-refractivity contribution in [3.63, 3.8) is 0 Å². The van der Waals surface area contributed by atoms with Gasteiger partial charge in [-0.15, -0.1) is 0 Å². The van der Waals surface area contributed by atoms with E-state index in [4.69, 9.17) is 5.26 Å². The Morgan fingerprint density at radius 1 is 1.36 bits per heavy atom. The van der Waals surface area contributed by atoms with Crippen molar-refractivity contribution in [1.82, 2.24) is 0 Å². The van der Waals surface area contributed by atoms with Crippen molar-refractivity contribution in [3.05, 3.63) is 0 Å². The van der Waals surface area contributed by atoms with E-state index < -0.39 is 11.9 Å². The van der Waals surface area contributed by atoms with Gasteiger partial charge in [0.15, 0.2) is 0 Å². The molecule has 1 N–H and O–H groups in total. The number of hydrogen-bond donors (Lipinski definition) is 1. The number of carbonyl (C=O) groups excluding carboxylic acids is 2. The first-order valence-electron chi connectivity index (χ1n) is 3.24. The van der Waals surface area contributed by atoms with E-state index in [-0.39, 0.29) is 6.61 Å². The fourth-order valence-corrected chi connectivity index (χ4v) is 0.405. The van der Waals surface area contributed by atoms with Crippen molar-refractivity contribution in [2.24, 2.45) is 0 Å². The first kappa shape index (κ1) is 9.90. The Hall–Kier alpha value is -1.10. The largest absolute Gasteiger partial charge is 0.457 e. The third kappa shape index (κ3) is 4.32. The van der Waals surface area contributed by atoms with E-state index in [1.807, 2.05) is 6.92 Å². The van der Waals surface area contributed by atoms with Crippen molar-refractivity contribution in [2.75, 3.05) is 6.61 Å². The highest BCUT2D eigenvalue weighted by Crippen LogP contribution is 1.89. The normalized spacial score (nSPS) is 8.91. The number of ether oxygens (including phenoxy) is 1. The molecule has 0 aliphatic rings. The maximum atomic E-state index is 10.4. The van der Waals surface area contributed by atoms with E-state index in [0.717, 1.165) is 6.42 Å². The Balaban J connectivity index is 3.44. The van der Waals surface area contributed by atoms with Crippen LogP contribution in [0.4, 0.5) is 0 Å². The predicted molar refractivity (Wildman–Crippen MR) is 34.6 cm³/mol. The van der Waals surface area contributed by atoms with Crippen LogP contribution in [0.5, 0.6) is 0 Å². The molecule has 5 nitrogen and oxygen atoms in total. The van der Waals surface area contributed by atoms with E-state index >= 15 is 0 Å². The summed E-state index contributed by atoms with van der Waals surface area (Å²) in [6.45, 7) is 2.09. The van der Waals surface area contributed by atoms with Gasteiger partial charge >= 0.3 is 11.9 Å². The van der Waals surface area contributed by atoms with Crippen molar-refractivity contribution in [1.29, 1.82) is 0 Å². The summed E-state index contributed by atoms with van der Waals surface area (Å²) in [5, 5.41) is 7.71. The SMILES string of the molecule is CCCCOC(=O)C(=O)OO. The molecule has 0 aliphatic carbocycles. The lowest BCUT2D eigenvalue weighted by Gasteiger charge is -1.99. The van der Waals surface area contributed by atoms with Crippen LogP contribution < -0.4 is 0 Å². The molecule has 0 aromatic heterocycles. The molecule has 0 aromatic carbocycles. The summed E-state index contributed by atoms with van der Waals surface area (Å²) in [5.74, 6) is -2.55. The number of esters is 1. The molecule has 0 atom stereocenters. The second kappa shape index (κ2) is 5.67. The summed E-state index contributed by atoms with van der Waals surface area (Å²) in [7, 11) is 0. The highest BCUT2D eigenvalue weighted by atomic mass is 17.1. The zero-order valence-corrected chi connectivity index (χ0v) is 6.20. The first-order chi connectivity index (χ1) is 5.22. The molecule has 0 heterocycles. The van der Waals surface area contributed by atoms with Gasteiger partial charge in [0.05, 0.1) is 6.61 Å². The average Bonchev–Trinajstić information content (AvgIpc) is 2.03. The van der Waals surface area contributed by atoms with Crippen LogP contribution in [0.15, 0.2) is 0 Å². The first-order valence-corrected chi connectivity index (χ1v) is 3.24. The minimum absolute atomic E-state index is 0.171. The summed E-state index contributed by atoms with van der Waals surface area (Å²) in [6.07, 6.45) is 1.55. The fraction of sp³-hybridized carbons (Fsp3) is 0.667. The van der Waals surface area contributed by atoms with E-state index in [1.54, 1.807) is 0 Å². The highest BCUT2D eigenvalue weighted by Gasteiger charge is 2.16. The van der Waals surface area contributed by atoms with Crippen LogP contribution in [-0.4, -0.2) is 23.8 Å². The van der Waals surface area contributed by atoms with Gasteiger partial charge in [0.1, 0.15) is 0 Å². The van der Waals surface area contributed by atoms with E-state index in [0.29, 0.717) is 6.42 Å². The van der Waals surface area contributed by atoms with Crippen molar-refractivity contribution >= 4 is 11.9 Å². The van der Waals surface area contributed by atoms with E-state index in [9.17, 15) is 9.59 Å². The lowest BCUT2D eigenvalue weighted by molar-refractivity contribution is -0.236. The topological polar surface area (TPSA) is 72.8 Å². The number of hydrogen-bond acceptors (Lipinski definition) is 5. The molecule has 11 heavy (non-hydrogen) atoms. The van der Waals surface area contributed by atoms with E-state index in [1.165, 1.54) is 0 Å². The third-order valence-electron chi connectivity index (χ3n) is 0.981. The molecule has 0 saturated carbocycles. The van der Waals surface area contributed by atoms with Gasteiger partial charge in [-0.2, -0.15) is 5.26 Å². The molecule has 0 aliphatic heterocycles. The molecule has 0 saturated heterocycles. The van der Waals surface area contributed by atoms with Crippen molar-refractivity contribution in [3.8, 4) is 0 Å². The maximum Gasteiger partial charge on any atom is 0.449 e. The molecule has 0 unspecified atom stereocenters. The summed E-state index contributed by atoms with van der Waals surface area (Å²) < 4.78 is 4.36. The van der Waals surface area contributed by atoms with Crippen molar-refractivity contribution < 1.29 is 24.5 Å². The zero-order chi connectivity index (χ0) is 8.69. The quantitative estimate of drug-likeness (QED) is 0.213. The van der Waals surface area contributed by atoms with Gasteiger partial charge in [-0.1, -0.05) is 13.3 Å². The van der Waals surface area contributed by atoms with Gasteiger partial charge in [-0.3, -0.25) is 4.89 Å². The Labute approximate surface area is 63.8 Å². The Morgan fingerprint density at radius 2 is 2.00 bits per heavy atom. The number of carbonyl (C=O) groups is 2. The molecular weight excluding hydrogens is 152 g/mol. The predicted octanol–water partition coefficient (Wildman–Crippen LogP) is 0.346. The molecule has 0 aromatic rings. The average molecular weight is 162 g/mol. The molecular formula is C6H10O5. The summed E-state index contributed by atoms with van der Waals surface area (Å²) in [4.78, 5) is 23.7. The molecule has 0 bridgehead atoms. The van der Waals surface area contributed by atoms with Crippen LogP contribution in [0.3, 0.4) is 0 Å². The van der Waals surface area contributed by atoms with Gasteiger partial charge in [-0.25, -0.2) is 9.59 Å². The standard InChI is InChI=1S/C6H10O5/c1-2-3-4-10-5(7)6(8)11-9/h9H,2-4H2,1H3. The van der Waals surface area contributed by atoms with Gasteiger partial charge in [0.2, 0.25) is 0 Å². The molecule has 0 amide bonds. The van der Waals surface area contributed by atoms with Crippen LogP contribution in [0.1, 0.15) is 19.8 Å². The lowest BCUT2D eigenvalue weighted by Crippen LogP contribution is -2.19. The fourth-order valence-electron chi connectivity index (χ4n) is 0.405. The number of unbranched alkanes of at least 4 members (excludes halogenated alkanes) is 1. The highest BCUT2D eigenvalue weighted by molar-refractivity contribution is 6.29. The molecule has 64 valence electrons. The van der Waals surface area contributed by atoms with E-state index in [2.05, 4.69) is 9.62 Å². The van der Waals surface area contributed by atoms with Crippen LogP contribution in [0, 0.1) is 0 Å². The third-order valence-corrected chi connectivity index (χ3v) is 0.981. The molecule has 0 fully saturated rings. The Morgan fingerprint density at radius 3 is 2.45 bits per heavy atom. The second-order valence-electron chi connectivity index (χ2n) is 1.87. The second-order valence-corrected chi connectivity index (χ2v) is 1.87. The van der Waals surface area contributed by atoms with Crippen LogP contribution in [0.25, 0.3) is 0 Å². The minimum atomic E-state index is -1.39. The summed E-state index contributed by atoms with van der Waals surface area (Å²) >= 11 is 0. The van der Waals surface area contributed by atoms with Gasteiger partial charge < -0.3 is 4.74 Å². The molecule has 5 heteroatoms. The van der Waals surface area contributed by atoms with Crippen LogP contribution >= 0.6 is 0 Å². The molecule has 0 spiro atoms. The number of rotatable bonds is 3. The van der Waals surface area contributed by atoms with Gasteiger partial charge in [0.25, 0.3) is 0 Å². The summed E-state index contributed by atoms with van der Waals surface area (Å²) in [6, 6.07) is 0. The molecule has 0 radical (unpaired) electrons. The zero-order valence-electron chi connectivity index (χ0n) is 6.20. The van der Waals surface area contributed by atoms with Gasteiger partial charge in [-0.05, 0) is 6.42 Å². The summed E-state index contributed by atoms with van der Waals surface area (Å²) in [5.41, 5.74) is 0. The van der Waals surface area contributed by atoms with Crippen LogP contribution in [0.2, 0.25) is 0 Å². The molecule has 0 rings (SSSR count). The Bertz CT molecular complexity index is 142. The lowest BCUT2D eigenvalue weighted by atomic mass is 10.4. The Kier molecular flexibility index (Phi) is 5.10. The monoisotopic (exact) mass is 162 g/mol.